The number of fused-ring (bicyclic) bond motifs is 1. The van der Waals surface area contributed by atoms with Crippen LogP contribution in [0.3, 0.4) is 0 Å². The van der Waals surface area contributed by atoms with Crippen molar-refractivity contribution < 1.29 is 9.53 Å². The zero-order valence-corrected chi connectivity index (χ0v) is 13.2. The van der Waals surface area contributed by atoms with Crippen molar-refractivity contribution >= 4 is 18.3 Å². The molecule has 1 aromatic rings. The second kappa shape index (κ2) is 7.25. The highest BCUT2D eigenvalue weighted by Crippen LogP contribution is 2.29. The normalized spacial score (nSPS) is 24.9. The van der Waals surface area contributed by atoms with Gasteiger partial charge in [-0.25, -0.2) is 0 Å². The Morgan fingerprint density at radius 1 is 1.38 bits per heavy atom. The van der Waals surface area contributed by atoms with Crippen LogP contribution in [0.2, 0.25) is 0 Å². The summed E-state index contributed by atoms with van der Waals surface area (Å²) in [4.78, 5) is 14.7. The van der Waals surface area contributed by atoms with E-state index in [4.69, 9.17) is 4.74 Å². The van der Waals surface area contributed by atoms with Crippen molar-refractivity contribution in [2.45, 2.75) is 31.4 Å². The first-order chi connectivity index (χ1) is 9.79. The molecule has 1 amide bonds. The number of piperidine rings is 1. The number of carbonyl (C=O) groups excluding carboxylic acids is 1. The van der Waals surface area contributed by atoms with Crippen molar-refractivity contribution in [1.82, 2.24) is 10.2 Å². The van der Waals surface area contributed by atoms with Crippen LogP contribution in [0.5, 0.6) is 0 Å². The van der Waals surface area contributed by atoms with Crippen LogP contribution in [-0.2, 0) is 16.0 Å². The van der Waals surface area contributed by atoms with Gasteiger partial charge in [0.2, 0.25) is 0 Å². The number of halogens is 1. The SMILES string of the molecule is CNC1CCCN(C(=O)C2OCCc3ccccc32)C1.Cl. The lowest BCUT2D eigenvalue weighted by Gasteiger charge is -2.36. The largest absolute Gasteiger partial charge is 0.363 e. The molecular weight excluding hydrogens is 288 g/mol. The predicted octanol–water partition coefficient (Wildman–Crippen LogP) is 1.93. The minimum atomic E-state index is -0.407. The number of benzene rings is 1. The van der Waals surface area contributed by atoms with Gasteiger partial charge in [0.1, 0.15) is 0 Å². The molecule has 1 saturated heterocycles. The van der Waals surface area contributed by atoms with E-state index in [1.807, 2.05) is 30.1 Å². The molecule has 0 spiro atoms. The second-order valence-electron chi connectivity index (χ2n) is 5.61. The van der Waals surface area contributed by atoms with E-state index in [0.717, 1.165) is 37.9 Å². The number of likely N-dealkylation sites (N-methyl/N-ethyl adjacent to an activating group) is 1. The molecule has 21 heavy (non-hydrogen) atoms. The van der Waals surface area contributed by atoms with Crippen LogP contribution in [0.15, 0.2) is 24.3 Å². The van der Waals surface area contributed by atoms with E-state index >= 15 is 0 Å². The summed E-state index contributed by atoms with van der Waals surface area (Å²) < 4.78 is 5.78. The molecule has 5 heteroatoms. The molecule has 1 aromatic carbocycles. The van der Waals surface area contributed by atoms with Crippen LogP contribution in [0.4, 0.5) is 0 Å². The van der Waals surface area contributed by atoms with E-state index in [1.165, 1.54) is 5.56 Å². The van der Waals surface area contributed by atoms with Crippen LogP contribution in [0, 0.1) is 0 Å². The van der Waals surface area contributed by atoms with Gasteiger partial charge in [-0.1, -0.05) is 24.3 Å². The maximum Gasteiger partial charge on any atom is 0.256 e. The monoisotopic (exact) mass is 310 g/mol. The summed E-state index contributed by atoms with van der Waals surface area (Å²) in [5.74, 6) is 0.122. The van der Waals surface area contributed by atoms with Crippen molar-refractivity contribution in [1.29, 1.82) is 0 Å². The Morgan fingerprint density at radius 3 is 3.00 bits per heavy atom. The second-order valence-corrected chi connectivity index (χ2v) is 5.61. The minimum absolute atomic E-state index is 0. The Balaban J connectivity index is 0.00000161. The van der Waals surface area contributed by atoms with Gasteiger partial charge in [-0.2, -0.15) is 0 Å². The van der Waals surface area contributed by atoms with E-state index in [9.17, 15) is 4.79 Å². The van der Waals surface area contributed by atoms with Gasteiger partial charge >= 0.3 is 0 Å². The minimum Gasteiger partial charge on any atom is -0.363 e. The highest BCUT2D eigenvalue weighted by Gasteiger charge is 2.32. The average Bonchev–Trinajstić information content (AvgIpc) is 2.53. The first-order valence-corrected chi connectivity index (χ1v) is 7.45. The number of hydrogen-bond acceptors (Lipinski definition) is 3. The number of carbonyl (C=O) groups is 1. The molecule has 0 bridgehead atoms. The number of rotatable bonds is 2. The van der Waals surface area contributed by atoms with Crippen LogP contribution in [-0.4, -0.2) is 43.6 Å². The summed E-state index contributed by atoms with van der Waals surface area (Å²) in [6, 6.07) is 8.55. The molecule has 0 saturated carbocycles. The maximum absolute atomic E-state index is 12.8. The van der Waals surface area contributed by atoms with Gasteiger partial charge in [0.25, 0.3) is 5.91 Å². The standard InChI is InChI=1S/C16H22N2O2.ClH/c1-17-13-6-4-9-18(11-13)16(19)15-14-7-3-2-5-12(14)8-10-20-15;/h2-3,5,7,13,15,17H,4,6,8-11H2,1H3;1H. The lowest BCUT2D eigenvalue weighted by molar-refractivity contribution is -0.146. The molecule has 0 aromatic heterocycles. The molecular formula is C16H23ClN2O2. The third-order valence-electron chi connectivity index (χ3n) is 4.36. The summed E-state index contributed by atoms with van der Waals surface area (Å²) >= 11 is 0. The molecule has 1 fully saturated rings. The Labute approximate surface area is 132 Å². The summed E-state index contributed by atoms with van der Waals surface area (Å²) in [6.07, 6.45) is 2.70. The molecule has 2 heterocycles. The molecule has 1 N–H and O–H groups in total. The number of ether oxygens (including phenoxy) is 1. The molecule has 2 aliphatic heterocycles. The predicted molar refractivity (Wildman–Crippen MR) is 84.7 cm³/mol. The molecule has 0 aliphatic carbocycles. The fraction of sp³-hybridized carbons (Fsp3) is 0.562. The fourth-order valence-electron chi connectivity index (χ4n) is 3.18. The topological polar surface area (TPSA) is 41.6 Å². The number of likely N-dealkylation sites (tertiary alicyclic amines) is 1. The molecule has 116 valence electrons. The van der Waals surface area contributed by atoms with Crippen molar-refractivity contribution in [2.75, 3.05) is 26.7 Å². The zero-order chi connectivity index (χ0) is 13.9. The van der Waals surface area contributed by atoms with E-state index in [2.05, 4.69) is 11.4 Å². The van der Waals surface area contributed by atoms with Crippen LogP contribution < -0.4 is 5.32 Å². The van der Waals surface area contributed by atoms with Crippen molar-refractivity contribution in [2.24, 2.45) is 0 Å². The van der Waals surface area contributed by atoms with Gasteiger partial charge in [-0.15, -0.1) is 12.4 Å². The van der Waals surface area contributed by atoms with Crippen molar-refractivity contribution in [3.8, 4) is 0 Å². The smallest absolute Gasteiger partial charge is 0.256 e. The zero-order valence-electron chi connectivity index (χ0n) is 12.4. The van der Waals surface area contributed by atoms with Crippen LogP contribution in [0.1, 0.15) is 30.1 Å². The molecule has 3 rings (SSSR count). The molecule has 2 atom stereocenters. The lowest BCUT2D eigenvalue weighted by Crippen LogP contribution is -2.49. The van der Waals surface area contributed by atoms with E-state index in [1.54, 1.807) is 0 Å². The third-order valence-corrected chi connectivity index (χ3v) is 4.36. The highest BCUT2D eigenvalue weighted by atomic mass is 35.5. The Bertz CT molecular complexity index is 495. The number of hydrogen-bond donors (Lipinski definition) is 1. The molecule has 0 radical (unpaired) electrons. The van der Waals surface area contributed by atoms with Crippen LogP contribution >= 0.6 is 12.4 Å². The number of amides is 1. The average molecular weight is 311 g/mol. The number of nitrogens with one attached hydrogen (secondary N) is 1. The Hall–Kier alpha value is -1.10. The summed E-state index contributed by atoms with van der Waals surface area (Å²) in [6.45, 7) is 2.27. The van der Waals surface area contributed by atoms with Gasteiger partial charge in [0, 0.05) is 19.1 Å². The maximum atomic E-state index is 12.8. The molecule has 2 unspecified atom stereocenters. The van der Waals surface area contributed by atoms with Gasteiger partial charge < -0.3 is 15.0 Å². The fourth-order valence-corrected chi connectivity index (χ4v) is 3.18. The van der Waals surface area contributed by atoms with E-state index in [-0.39, 0.29) is 18.3 Å². The van der Waals surface area contributed by atoms with Crippen molar-refractivity contribution in [3.05, 3.63) is 35.4 Å². The van der Waals surface area contributed by atoms with Gasteiger partial charge in [-0.05, 0) is 37.4 Å². The van der Waals surface area contributed by atoms with E-state index < -0.39 is 6.10 Å². The van der Waals surface area contributed by atoms with Crippen LogP contribution in [0.25, 0.3) is 0 Å². The number of nitrogens with zero attached hydrogens (tertiary/aromatic N) is 1. The highest BCUT2D eigenvalue weighted by molar-refractivity contribution is 5.85. The van der Waals surface area contributed by atoms with Gasteiger partial charge in [0.05, 0.1) is 6.61 Å². The van der Waals surface area contributed by atoms with E-state index in [0.29, 0.717) is 12.6 Å². The molecule has 4 nitrogen and oxygen atoms in total. The third kappa shape index (κ3) is 3.39. The van der Waals surface area contributed by atoms with Crippen molar-refractivity contribution in [3.63, 3.8) is 0 Å². The summed E-state index contributed by atoms with van der Waals surface area (Å²) in [7, 11) is 1.96. The van der Waals surface area contributed by atoms with Gasteiger partial charge in [-0.3, -0.25) is 4.79 Å². The lowest BCUT2D eigenvalue weighted by atomic mass is 9.96. The Kier molecular flexibility index (Phi) is 5.62. The quantitative estimate of drug-likeness (QED) is 0.907. The molecule has 2 aliphatic rings. The first-order valence-electron chi connectivity index (χ1n) is 7.45. The summed E-state index contributed by atoms with van der Waals surface area (Å²) in [5, 5.41) is 3.28. The first kappa shape index (κ1) is 16.3. The summed E-state index contributed by atoms with van der Waals surface area (Å²) in [5.41, 5.74) is 2.30. The Morgan fingerprint density at radius 2 is 2.19 bits per heavy atom. The van der Waals surface area contributed by atoms with Gasteiger partial charge in [0.15, 0.2) is 6.10 Å².